The SMILES string of the molecule is [O]=[Mo]=[O].[SeH2]. The summed E-state index contributed by atoms with van der Waals surface area (Å²) >= 11 is -2.03. The third-order valence-electron chi connectivity index (χ3n) is 0. The average Bonchev–Trinajstić information content (AvgIpc) is 0.918. The van der Waals surface area contributed by atoms with E-state index in [1.807, 2.05) is 0 Å². The van der Waals surface area contributed by atoms with Crippen LogP contribution in [0, 0.1) is 0 Å². The van der Waals surface area contributed by atoms with Crippen LogP contribution in [0.25, 0.3) is 0 Å². The summed E-state index contributed by atoms with van der Waals surface area (Å²) in [7, 11) is 0. The summed E-state index contributed by atoms with van der Waals surface area (Å²) in [6.07, 6.45) is 0. The van der Waals surface area contributed by atoms with E-state index in [9.17, 15) is 0 Å². The molecule has 0 unspecified atom stereocenters. The molecule has 0 heterocycles. The summed E-state index contributed by atoms with van der Waals surface area (Å²) in [5, 5.41) is 0. The summed E-state index contributed by atoms with van der Waals surface area (Å²) < 4.78 is 17.0. The Morgan fingerprint density at radius 1 is 1.25 bits per heavy atom. The molecule has 0 N–H and O–H groups in total. The molecule has 0 aliphatic rings. The fraction of sp³-hybridized carbons (Fsp3) is 0. The number of hydrogen-bond donors (Lipinski definition) is 0. The molecule has 0 fully saturated rings. The molecule has 0 rings (SSSR count). The molecule has 26 valence electrons. The van der Waals surface area contributed by atoms with Crippen molar-refractivity contribution in [3.05, 3.63) is 0 Å². The predicted molar refractivity (Wildman–Crippen MR) is 9.92 cm³/mol. The van der Waals surface area contributed by atoms with Gasteiger partial charge in [0.1, 0.15) is 0 Å². The maximum absolute atomic E-state index is 8.50. The molecule has 2 nitrogen and oxygen atoms in total. The molecule has 4 heavy (non-hydrogen) atoms. The summed E-state index contributed by atoms with van der Waals surface area (Å²) in [6, 6.07) is 0. The normalized spacial score (nSPS) is 3.00. The second-order valence-corrected chi connectivity index (χ2v) is 0.403. The van der Waals surface area contributed by atoms with Crippen LogP contribution >= 0.6 is 0 Å². The van der Waals surface area contributed by atoms with Crippen LogP contribution in [0.5, 0.6) is 0 Å². The summed E-state index contributed by atoms with van der Waals surface area (Å²) in [5.74, 6) is 0. The van der Waals surface area contributed by atoms with Gasteiger partial charge in [-0.15, -0.1) is 0 Å². The van der Waals surface area contributed by atoms with Gasteiger partial charge in [0.2, 0.25) is 0 Å². The molecule has 0 aromatic carbocycles. The first-order valence-electron chi connectivity index (χ1n) is 0.333. The van der Waals surface area contributed by atoms with Gasteiger partial charge in [-0.2, -0.15) is 0 Å². The molecule has 0 saturated carbocycles. The van der Waals surface area contributed by atoms with E-state index in [-0.39, 0.29) is 17.1 Å². The zero-order valence-corrected chi connectivity index (χ0v) is 5.83. The van der Waals surface area contributed by atoms with Crippen molar-refractivity contribution in [3.8, 4) is 0 Å². The van der Waals surface area contributed by atoms with E-state index in [1.165, 1.54) is 0 Å². The molecular weight excluding hydrogens is 207 g/mol. The quantitative estimate of drug-likeness (QED) is 0.471. The van der Waals surface area contributed by atoms with Gasteiger partial charge in [-0.05, 0) is 0 Å². The van der Waals surface area contributed by atoms with Gasteiger partial charge in [0.15, 0.2) is 0 Å². The van der Waals surface area contributed by atoms with Crippen molar-refractivity contribution in [1.29, 1.82) is 0 Å². The molecule has 0 saturated heterocycles. The Bertz CT molecular complexity index is 27.0. The van der Waals surface area contributed by atoms with E-state index in [1.54, 1.807) is 0 Å². The standard InChI is InChI=1S/Mo.2O.H2Se/h;;;1H2. The monoisotopic (exact) mass is 212 g/mol. The van der Waals surface area contributed by atoms with Gasteiger partial charge in [0.25, 0.3) is 0 Å². The van der Waals surface area contributed by atoms with Crippen LogP contribution in [0.2, 0.25) is 0 Å². The van der Waals surface area contributed by atoms with Gasteiger partial charge in [-0.3, -0.25) is 0 Å². The van der Waals surface area contributed by atoms with Gasteiger partial charge in [0, 0.05) is 0 Å². The Kier molecular flexibility index (Phi) is 20.3. The molecule has 0 spiro atoms. The molecule has 0 aliphatic heterocycles. The molecule has 0 aromatic heterocycles. The Morgan fingerprint density at radius 2 is 1.25 bits per heavy atom. The third kappa shape index (κ3) is 14.1. The van der Waals surface area contributed by atoms with Crippen LogP contribution in [0.1, 0.15) is 0 Å². The minimum atomic E-state index is -2.03. The maximum atomic E-state index is 8.50. The predicted octanol–water partition coefficient (Wildman–Crippen LogP) is -1.16. The van der Waals surface area contributed by atoms with Gasteiger partial charge in [-0.1, -0.05) is 0 Å². The van der Waals surface area contributed by atoms with Crippen LogP contribution < -0.4 is 0 Å². The van der Waals surface area contributed by atoms with Crippen molar-refractivity contribution in [1.82, 2.24) is 0 Å². The summed E-state index contributed by atoms with van der Waals surface area (Å²) in [5.41, 5.74) is 0. The first-order chi connectivity index (χ1) is 1.41. The van der Waals surface area contributed by atoms with Crippen LogP contribution in [0.15, 0.2) is 0 Å². The van der Waals surface area contributed by atoms with Crippen molar-refractivity contribution in [3.63, 3.8) is 0 Å². The molecule has 0 aliphatic carbocycles. The van der Waals surface area contributed by atoms with E-state index in [0.717, 1.165) is 0 Å². The molecule has 0 atom stereocenters. The van der Waals surface area contributed by atoms with Crippen molar-refractivity contribution < 1.29 is 25.3 Å². The van der Waals surface area contributed by atoms with Crippen LogP contribution in [-0.4, -0.2) is 17.1 Å². The molecule has 0 amide bonds. The van der Waals surface area contributed by atoms with Crippen LogP contribution in [-0.2, 0) is 25.3 Å². The number of rotatable bonds is 0. The Hall–Kier alpha value is 0.808. The van der Waals surface area contributed by atoms with E-state index in [4.69, 9.17) is 6.80 Å². The summed E-state index contributed by atoms with van der Waals surface area (Å²) in [6.45, 7) is 0. The van der Waals surface area contributed by atoms with Crippen molar-refractivity contribution in [2.75, 3.05) is 0 Å². The number of hydrogen-bond acceptors (Lipinski definition) is 2. The third-order valence-corrected chi connectivity index (χ3v) is 0. The first kappa shape index (κ1) is 8.84. The Morgan fingerprint density at radius 3 is 1.25 bits per heavy atom. The van der Waals surface area contributed by atoms with Crippen molar-refractivity contribution in [2.24, 2.45) is 0 Å². The van der Waals surface area contributed by atoms with Gasteiger partial charge in [0.05, 0.1) is 0 Å². The van der Waals surface area contributed by atoms with E-state index in [2.05, 4.69) is 0 Å². The van der Waals surface area contributed by atoms with Gasteiger partial charge < -0.3 is 0 Å². The van der Waals surface area contributed by atoms with E-state index in [0.29, 0.717) is 0 Å². The fourth-order valence-corrected chi connectivity index (χ4v) is 0. The van der Waals surface area contributed by atoms with Crippen LogP contribution in [0.4, 0.5) is 0 Å². The second-order valence-electron chi connectivity index (χ2n) is 0.0680. The molecular formula is H2MoO2Se. The zero-order chi connectivity index (χ0) is 2.71. The zero-order valence-electron chi connectivity index (χ0n) is 1.72. The van der Waals surface area contributed by atoms with E-state index < -0.39 is 18.5 Å². The first-order valence-corrected chi connectivity index (χ1v) is 1.97. The minimum absolute atomic E-state index is 0. The topological polar surface area (TPSA) is 34.1 Å². The average molecular weight is 209 g/mol. The Balaban J connectivity index is 0. The van der Waals surface area contributed by atoms with Crippen LogP contribution in [0.3, 0.4) is 0 Å². The van der Waals surface area contributed by atoms with E-state index >= 15 is 0 Å². The fourth-order valence-electron chi connectivity index (χ4n) is 0. The van der Waals surface area contributed by atoms with Crippen molar-refractivity contribution >= 4 is 17.1 Å². The molecule has 4 heteroatoms. The molecule has 0 bridgehead atoms. The Labute approximate surface area is 42.6 Å². The van der Waals surface area contributed by atoms with Crippen molar-refractivity contribution in [2.45, 2.75) is 0 Å². The van der Waals surface area contributed by atoms with Gasteiger partial charge in [-0.25, -0.2) is 0 Å². The van der Waals surface area contributed by atoms with Gasteiger partial charge >= 0.3 is 42.4 Å². The second kappa shape index (κ2) is 9.19. The summed E-state index contributed by atoms with van der Waals surface area (Å²) in [4.78, 5) is 0. The molecule has 0 radical (unpaired) electrons. The molecule has 0 aromatic rings.